The van der Waals surface area contributed by atoms with E-state index in [1.165, 1.54) is 0 Å². The van der Waals surface area contributed by atoms with Crippen molar-refractivity contribution in [1.82, 2.24) is 5.10 Å². The molecule has 0 saturated heterocycles. The minimum Gasteiger partial charge on any atom is -0.739 e. The summed E-state index contributed by atoms with van der Waals surface area (Å²) in [5.41, 5.74) is 1.91. The van der Waals surface area contributed by atoms with Gasteiger partial charge in [0.1, 0.15) is 0 Å². The number of benzene rings is 2. The Morgan fingerprint density at radius 1 is 1.14 bits per heavy atom. The molecule has 0 unspecified atom stereocenters. The van der Waals surface area contributed by atoms with Gasteiger partial charge in [0.15, 0.2) is 5.52 Å². The Balaban J connectivity index is 1.83. The number of hydrogen-bond acceptors (Lipinski definition) is 6. The lowest BCUT2D eigenvalue weighted by Gasteiger charge is -2.11. The van der Waals surface area contributed by atoms with Crippen LogP contribution in [0.25, 0.3) is 22.2 Å². The first-order valence-corrected chi connectivity index (χ1v) is 9.09. The number of fused-ring (bicyclic) bond motifs is 1. The first-order chi connectivity index (χ1) is 13.3. The topological polar surface area (TPSA) is 105 Å². The number of ether oxygens (including phenoxy) is 1. The summed E-state index contributed by atoms with van der Waals surface area (Å²) in [6, 6.07) is 12.0. The summed E-state index contributed by atoms with van der Waals surface area (Å²) >= 11 is 5.90. The van der Waals surface area contributed by atoms with Crippen molar-refractivity contribution in [2.45, 2.75) is 26.4 Å². The predicted octanol–water partition coefficient (Wildman–Crippen LogP) is 2.58. The lowest BCUT2D eigenvalue weighted by atomic mass is 10.1. The van der Waals surface area contributed by atoms with Crippen molar-refractivity contribution in [2.75, 3.05) is 11.9 Å². The smallest absolute Gasteiger partial charge is 0.460 e. The number of hydrogen-bond donors (Lipinski definition) is 1. The zero-order chi connectivity index (χ0) is 20.3. The highest BCUT2D eigenvalue weighted by molar-refractivity contribution is 6.30. The van der Waals surface area contributed by atoms with Gasteiger partial charge in [0, 0.05) is 15.9 Å². The molecule has 8 nitrogen and oxygen atoms in total. The minimum atomic E-state index is -0.400. The number of nitrogens with one attached hydrogen (secondary N) is 1. The van der Waals surface area contributed by atoms with Crippen LogP contribution in [0.2, 0.25) is 5.02 Å². The van der Waals surface area contributed by atoms with Crippen LogP contribution < -0.4 is 14.9 Å². The van der Waals surface area contributed by atoms with E-state index in [4.69, 9.17) is 16.3 Å². The monoisotopic (exact) mass is 402 g/mol. The van der Waals surface area contributed by atoms with E-state index >= 15 is 0 Å². The SMILES string of the molecule is CC(C)OC(=O)CCNc1n[n+]([O-])c2cc(-c3ccc(Cl)cc3)ccc2[n+]1[O-]. The molecule has 9 heteroatoms. The Morgan fingerprint density at radius 3 is 2.50 bits per heavy atom. The van der Waals surface area contributed by atoms with Crippen molar-refractivity contribution < 1.29 is 19.1 Å². The van der Waals surface area contributed by atoms with Crippen LogP contribution in [-0.2, 0) is 9.53 Å². The molecule has 0 amide bonds. The summed E-state index contributed by atoms with van der Waals surface area (Å²) in [6.07, 6.45) is -0.166. The summed E-state index contributed by atoms with van der Waals surface area (Å²) in [7, 11) is 0. The first kappa shape index (κ1) is 19.6. The maximum absolute atomic E-state index is 12.5. The fourth-order valence-corrected chi connectivity index (χ4v) is 2.80. The molecule has 0 atom stereocenters. The van der Waals surface area contributed by atoms with Crippen LogP contribution in [0.3, 0.4) is 0 Å². The second-order valence-corrected chi connectivity index (χ2v) is 6.85. The van der Waals surface area contributed by atoms with E-state index in [0.717, 1.165) is 11.1 Å². The molecule has 0 spiro atoms. The Kier molecular flexibility index (Phi) is 5.79. The van der Waals surface area contributed by atoms with Crippen molar-refractivity contribution in [3.05, 3.63) is 57.9 Å². The molecule has 0 aliphatic rings. The number of carbonyl (C=O) groups excluding carboxylic acids is 1. The van der Waals surface area contributed by atoms with Gasteiger partial charge in [-0.15, -0.1) is 0 Å². The van der Waals surface area contributed by atoms with Gasteiger partial charge in [-0.1, -0.05) is 29.8 Å². The second kappa shape index (κ2) is 8.26. The molecule has 0 bridgehead atoms. The number of aromatic nitrogens is 3. The summed E-state index contributed by atoms with van der Waals surface area (Å²) < 4.78 is 5.55. The van der Waals surface area contributed by atoms with Gasteiger partial charge < -0.3 is 15.2 Å². The highest BCUT2D eigenvalue weighted by Crippen LogP contribution is 2.23. The third kappa shape index (κ3) is 4.40. The van der Waals surface area contributed by atoms with E-state index in [1.54, 1.807) is 44.2 Å². The largest absolute Gasteiger partial charge is 0.739 e. The van der Waals surface area contributed by atoms with Crippen LogP contribution in [0.5, 0.6) is 0 Å². The number of esters is 1. The molecule has 3 aromatic rings. The van der Waals surface area contributed by atoms with E-state index < -0.39 is 5.97 Å². The Bertz CT molecular complexity index is 1010. The number of halogens is 1. The maximum atomic E-state index is 12.5. The van der Waals surface area contributed by atoms with Crippen LogP contribution >= 0.6 is 11.6 Å². The molecule has 1 N–H and O–H groups in total. The Hall–Kier alpha value is -3.13. The predicted molar refractivity (Wildman–Crippen MR) is 104 cm³/mol. The third-order valence-electron chi connectivity index (χ3n) is 3.94. The van der Waals surface area contributed by atoms with Crippen molar-refractivity contribution >= 4 is 34.6 Å². The molecule has 28 heavy (non-hydrogen) atoms. The first-order valence-electron chi connectivity index (χ1n) is 8.71. The molecule has 2 aromatic carbocycles. The highest BCUT2D eigenvalue weighted by atomic mass is 35.5. The lowest BCUT2D eigenvalue weighted by molar-refractivity contribution is -0.672. The molecule has 0 saturated carbocycles. The molecular weight excluding hydrogens is 384 g/mol. The average Bonchev–Trinajstić information content (AvgIpc) is 2.65. The van der Waals surface area contributed by atoms with Crippen LogP contribution in [0.1, 0.15) is 20.3 Å². The summed E-state index contributed by atoms with van der Waals surface area (Å²) in [5, 5.41) is 31.9. The number of rotatable bonds is 6. The molecular formula is C19H19ClN4O4. The second-order valence-electron chi connectivity index (χ2n) is 6.42. The summed E-state index contributed by atoms with van der Waals surface area (Å²) in [6.45, 7) is 3.62. The fourth-order valence-electron chi connectivity index (χ4n) is 2.67. The van der Waals surface area contributed by atoms with Gasteiger partial charge in [-0.3, -0.25) is 10.1 Å². The van der Waals surface area contributed by atoms with Crippen LogP contribution in [-0.4, -0.2) is 23.7 Å². The quantitative estimate of drug-likeness (QED) is 0.386. The van der Waals surface area contributed by atoms with E-state index in [-0.39, 0.29) is 36.1 Å². The van der Waals surface area contributed by atoms with Gasteiger partial charge in [0.2, 0.25) is 5.10 Å². The molecule has 0 aliphatic heterocycles. The van der Waals surface area contributed by atoms with Crippen molar-refractivity contribution in [3.8, 4) is 11.1 Å². The van der Waals surface area contributed by atoms with Gasteiger partial charge in [-0.25, -0.2) is 4.73 Å². The van der Waals surface area contributed by atoms with Gasteiger partial charge in [0.25, 0.3) is 5.52 Å². The maximum Gasteiger partial charge on any atom is 0.460 e. The molecule has 3 rings (SSSR count). The minimum absolute atomic E-state index is 0.0479. The van der Waals surface area contributed by atoms with Gasteiger partial charge >= 0.3 is 11.9 Å². The number of anilines is 1. The van der Waals surface area contributed by atoms with Gasteiger partial charge in [-0.05, 0) is 43.2 Å². The zero-order valence-corrected chi connectivity index (χ0v) is 16.1. The summed E-state index contributed by atoms with van der Waals surface area (Å²) in [5.74, 6) is -0.581. The molecule has 0 fully saturated rings. The summed E-state index contributed by atoms with van der Waals surface area (Å²) in [4.78, 5) is 11.9. The fraction of sp³-hybridized carbons (Fsp3) is 0.263. The van der Waals surface area contributed by atoms with Crippen LogP contribution in [0.15, 0.2) is 42.5 Å². The van der Waals surface area contributed by atoms with Crippen LogP contribution in [0, 0.1) is 10.4 Å². The van der Waals surface area contributed by atoms with Gasteiger partial charge in [-0.2, -0.15) is 0 Å². The van der Waals surface area contributed by atoms with Crippen molar-refractivity contribution in [1.29, 1.82) is 0 Å². The van der Waals surface area contributed by atoms with E-state index in [0.29, 0.717) is 14.6 Å². The number of nitrogens with zero attached hydrogens (tertiary/aromatic N) is 3. The van der Waals surface area contributed by atoms with Gasteiger partial charge in [0.05, 0.1) is 19.1 Å². The Labute approximate surface area is 166 Å². The third-order valence-corrected chi connectivity index (χ3v) is 4.19. The molecule has 1 aromatic heterocycles. The van der Waals surface area contributed by atoms with E-state index in [2.05, 4.69) is 10.4 Å². The highest BCUT2D eigenvalue weighted by Gasteiger charge is 2.21. The number of carbonyl (C=O) groups is 1. The molecule has 146 valence electrons. The van der Waals surface area contributed by atoms with E-state index in [1.807, 2.05) is 12.1 Å². The normalized spacial score (nSPS) is 11.0. The average molecular weight is 403 g/mol. The molecule has 0 aliphatic carbocycles. The zero-order valence-electron chi connectivity index (χ0n) is 15.4. The molecule has 0 radical (unpaired) electrons. The lowest BCUT2D eigenvalue weighted by Crippen LogP contribution is -2.44. The molecule has 1 heterocycles. The van der Waals surface area contributed by atoms with Crippen LogP contribution in [0.4, 0.5) is 5.95 Å². The standard InChI is InChI=1S/C19H19ClN4O4/c1-12(2)28-18(25)9-10-21-19-22-24(27)17-11-14(5-8-16(17)23(19)26)13-3-6-15(20)7-4-13/h3-8,11-12H,9-10H2,1-2H3,(H,21,22). The Morgan fingerprint density at radius 2 is 1.82 bits per heavy atom. The van der Waals surface area contributed by atoms with Crippen molar-refractivity contribution in [3.63, 3.8) is 0 Å². The van der Waals surface area contributed by atoms with Crippen molar-refractivity contribution in [2.24, 2.45) is 0 Å². The van der Waals surface area contributed by atoms with E-state index in [9.17, 15) is 15.2 Å².